The van der Waals surface area contributed by atoms with Crippen molar-refractivity contribution in [2.45, 2.75) is 6.54 Å². The van der Waals surface area contributed by atoms with E-state index in [1.54, 1.807) is 18.2 Å². The Morgan fingerprint density at radius 3 is 2.90 bits per heavy atom. The highest BCUT2D eigenvalue weighted by Gasteiger charge is 2.13. The van der Waals surface area contributed by atoms with Crippen molar-refractivity contribution >= 4 is 28.8 Å². The first kappa shape index (κ1) is 13.8. The van der Waals surface area contributed by atoms with Crippen LogP contribution in [0.15, 0.2) is 46.3 Å². The summed E-state index contributed by atoms with van der Waals surface area (Å²) in [4.78, 5) is 16.7. The second-order valence-electron chi connectivity index (χ2n) is 4.15. The van der Waals surface area contributed by atoms with Gasteiger partial charge in [0.25, 0.3) is 5.91 Å². The number of halogens is 1. The van der Waals surface area contributed by atoms with E-state index in [-0.39, 0.29) is 12.5 Å². The van der Waals surface area contributed by atoms with Crippen LogP contribution in [0.25, 0.3) is 11.4 Å². The molecule has 5 nitrogen and oxygen atoms in total. The number of nitrogens with zero attached hydrogens (tertiary/aromatic N) is 2. The van der Waals surface area contributed by atoms with Crippen LogP contribution < -0.4 is 5.32 Å². The molecule has 1 N–H and O–H groups in total. The zero-order valence-electron chi connectivity index (χ0n) is 10.7. The highest BCUT2D eigenvalue weighted by molar-refractivity contribution is 7.12. The SMILES string of the molecule is O=C(NCc1nc(-c2ccccc2Cl)no1)c1cccs1. The molecule has 0 aliphatic carbocycles. The van der Waals surface area contributed by atoms with Gasteiger partial charge >= 0.3 is 0 Å². The van der Waals surface area contributed by atoms with Gasteiger partial charge in [-0.05, 0) is 23.6 Å². The second-order valence-corrected chi connectivity index (χ2v) is 5.51. The molecule has 0 unspecified atom stereocenters. The molecular weight excluding hydrogens is 310 g/mol. The Hall–Kier alpha value is -2.18. The van der Waals surface area contributed by atoms with E-state index in [1.807, 2.05) is 23.6 Å². The zero-order chi connectivity index (χ0) is 14.7. The highest BCUT2D eigenvalue weighted by Crippen LogP contribution is 2.24. The largest absolute Gasteiger partial charge is 0.342 e. The predicted molar refractivity (Wildman–Crippen MR) is 80.2 cm³/mol. The smallest absolute Gasteiger partial charge is 0.261 e. The molecule has 0 spiro atoms. The van der Waals surface area contributed by atoms with E-state index in [2.05, 4.69) is 15.5 Å². The lowest BCUT2D eigenvalue weighted by molar-refractivity contribution is 0.0950. The van der Waals surface area contributed by atoms with Gasteiger partial charge in [0.15, 0.2) is 0 Å². The topological polar surface area (TPSA) is 68.0 Å². The van der Waals surface area contributed by atoms with E-state index in [0.29, 0.717) is 27.2 Å². The third-order valence-corrected chi connectivity index (χ3v) is 3.93. The average Bonchev–Trinajstić information content (AvgIpc) is 3.17. The normalized spacial score (nSPS) is 10.5. The Morgan fingerprint density at radius 1 is 1.29 bits per heavy atom. The van der Waals surface area contributed by atoms with Crippen LogP contribution in [-0.4, -0.2) is 16.0 Å². The van der Waals surface area contributed by atoms with Crippen LogP contribution in [0, 0.1) is 0 Å². The second kappa shape index (κ2) is 6.07. The molecule has 3 rings (SSSR count). The minimum absolute atomic E-state index is 0.164. The highest BCUT2D eigenvalue weighted by atomic mass is 35.5. The van der Waals surface area contributed by atoms with Crippen LogP contribution in [0.4, 0.5) is 0 Å². The first-order valence-electron chi connectivity index (χ1n) is 6.13. The summed E-state index contributed by atoms with van der Waals surface area (Å²) in [5.74, 6) is 0.568. The summed E-state index contributed by atoms with van der Waals surface area (Å²) in [6, 6.07) is 10.8. The quantitative estimate of drug-likeness (QED) is 0.800. The number of benzene rings is 1. The number of carbonyl (C=O) groups is 1. The van der Waals surface area contributed by atoms with Crippen molar-refractivity contribution < 1.29 is 9.32 Å². The van der Waals surface area contributed by atoms with Crippen LogP contribution in [0.3, 0.4) is 0 Å². The molecule has 21 heavy (non-hydrogen) atoms. The van der Waals surface area contributed by atoms with Crippen molar-refractivity contribution in [2.75, 3.05) is 0 Å². The molecule has 0 aliphatic heterocycles. The van der Waals surface area contributed by atoms with Gasteiger partial charge in [0, 0.05) is 5.56 Å². The van der Waals surface area contributed by atoms with Crippen molar-refractivity contribution in [1.82, 2.24) is 15.5 Å². The van der Waals surface area contributed by atoms with Crippen LogP contribution >= 0.6 is 22.9 Å². The molecule has 1 amide bonds. The number of aromatic nitrogens is 2. The summed E-state index contributed by atoms with van der Waals surface area (Å²) in [7, 11) is 0. The average molecular weight is 320 g/mol. The van der Waals surface area contributed by atoms with Crippen LogP contribution in [0.1, 0.15) is 15.6 Å². The maximum absolute atomic E-state index is 11.8. The van der Waals surface area contributed by atoms with Crippen molar-refractivity contribution in [2.24, 2.45) is 0 Å². The van der Waals surface area contributed by atoms with Gasteiger partial charge in [0.2, 0.25) is 11.7 Å². The molecular formula is C14H10ClN3O2S. The molecule has 106 valence electrons. The molecule has 0 atom stereocenters. The number of hydrogen-bond donors (Lipinski definition) is 1. The summed E-state index contributed by atoms with van der Waals surface area (Å²) in [5.41, 5.74) is 0.693. The Kier molecular flexibility index (Phi) is 3.98. The van der Waals surface area contributed by atoms with Crippen LogP contribution in [0.5, 0.6) is 0 Å². The van der Waals surface area contributed by atoms with Gasteiger partial charge in [-0.15, -0.1) is 11.3 Å². The molecule has 0 fully saturated rings. The third-order valence-electron chi connectivity index (χ3n) is 2.73. The predicted octanol–water partition coefficient (Wildman–Crippen LogP) is 3.38. The van der Waals surface area contributed by atoms with Gasteiger partial charge in [-0.25, -0.2) is 0 Å². The van der Waals surface area contributed by atoms with E-state index in [0.717, 1.165) is 0 Å². The molecule has 0 saturated carbocycles. The minimum atomic E-state index is -0.164. The maximum Gasteiger partial charge on any atom is 0.261 e. The van der Waals surface area contributed by atoms with E-state index in [1.165, 1.54) is 11.3 Å². The Labute approximate surface area is 129 Å². The van der Waals surface area contributed by atoms with Gasteiger partial charge < -0.3 is 9.84 Å². The van der Waals surface area contributed by atoms with Gasteiger partial charge in [-0.2, -0.15) is 4.98 Å². The molecule has 0 radical (unpaired) electrons. The molecule has 0 saturated heterocycles. The number of thiophene rings is 1. The van der Waals surface area contributed by atoms with E-state index >= 15 is 0 Å². The van der Waals surface area contributed by atoms with Crippen molar-refractivity contribution in [1.29, 1.82) is 0 Å². The van der Waals surface area contributed by atoms with Crippen LogP contribution in [0.2, 0.25) is 5.02 Å². The first-order valence-corrected chi connectivity index (χ1v) is 7.39. The fourth-order valence-corrected chi connectivity index (χ4v) is 2.59. The standard InChI is InChI=1S/C14H10ClN3O2S/c15-10-5-2-1-4-9(10)13-17-12(20-18-13)8-16-14(19)11-6-3-7-21-11/h1-7H,8H2,(H,16,19). The van der Waals surface area contributed by atoms with Gasteiger partial charge in [0.05, 0.1) is 16.4 Å². The fourth-order valence-electron chi connectivity index (χ4n) is 1.73. The molecule has 2 heterocycles. The van der Waals surface area contributed by atoms with E-state index in [4.69, 9.17) is 16.1 Å². The summed E-state index contributed by atoms with van der Waals surface area (Å²) in [6.07, 6.45) is 0. The Morgan fingerprint density at radius 2 is 2.14 bits per heavy atom. The van der Waals surface area contributed by atoms with Gasteiger partial charge in [0.1, 0.15) is 0 Å². The minimum Gasteiger partial charge on any atom is -0.342 e. The monoisotopic (exact) mass is 319 g/mol. The number of rotatable bonds is 4. The number of carbonyl (C=O) groups excluding carboxylic acids is 1. The van der Waals surface area contributed by atoms with Crippen molar-refractivity contribution in [3.8, 4) is 11.4 Å². The lowest BCUT2D eigenvalue weighted by Crippen LogP contribution is -2.21. The fraction of sp³-hybridized carbons (Fsp3) is 0.0714. The third kappa shape index (κ3) is 3.12. The summed E-state index contributed by atoms with van der Waals surface area (Å²) in [6.45, 7) is 0.175. The lowest BCUT2D eigenvalue weighted by Gasteiger charge is -1.98. The van der Waals surface area contributed by atoms with Gasteiger partial charge in [-0.3, -0.25) is 4.79 Å². The summed E-state index contributed by atoms with van der Waals surface area (Å²) in [5, 5.41) is 8.98. The molecule has 0 bridgehead atoms. The maximum atomic E-state index is 11.8. The van der Waals surface area contributed by atoms with E-state index in [9.17, 15) is 4.79 Å². The van der Waals surface area contributed by atoms with Crippen molar-refractivity contribution in [3.63, 3.8) is 0 Å². The number of nitrogens with one attached hydrogen (secondary N) is 1. The molecule has 1 aromatic carbocycles. The van der Waals surface area contributed by atoms with Crippen molar-refractivity contribution in [3.05, 3.63) is 57.6 Å². The van der Waals surface area contributed by atoms with Gasteiger partial charge in [-0.1, -0.05) is 35.0 Å². The van der Waals surface area contributed by atoms with E-state index < -0.39 is 0 Å². The molecule has 3 aromatic rings. The molecule has 2 aromatic heterocycles. The number of amides is 1. The Balaban J connectivity index is 1.69. The lowest BCUT2D eigenvalue weighted by atomic mass is 10.2. The number of hydrogen-bond acceptors (Lipinski definition) is 5. The summed E-state index contributed by atoms with van der Waals surface area (Å²) >= 11 is 7.45. The molecule has 7 heteroatoms. The first-order chi connectivity index (χ1) is 10.2. The molecule has 0 aliphatic rings. The van der Waals surface area contributed by atoms with Crippen LogP contribution in [-0.2, 0) is 6.54 Å². The Bertz CT molecular complexity index is 755. The zero-order valence-corrected chi connectivity index (χ0v) is 12.3. The summed E-state index contributed by atoms with van der Waals surface area (Å²) < 4.78 is 5.11.